The van der Waals surface area contributed by atoms with Gasteiger partial charge in [-0.05, 0) is 25.8 Å². The Bertz CT molecular complexity index is 485. The first-order chi connectivity index (χ1) is 9.47. The summed E-state index contributed by atoms with van der Waals surface area (Å²) < 4.78 is 13.9. The molecule has 0 spiro atoms. The Morgan fingerprint density at radius 2 is 2.10 bits per heavy atom. The van der Waals surface area contributed by atoms with Crippen molar-refractivity contribution in [1.29, 1.82) is 0 Å². The molecular weight excluding hydrogens is 259 g/mol. The van der Waals surface area contributed by atoms with E-state index in [0.29, 0.717) is 5.56 Å². The second kappa shape index (κ2) is 6.22. The lowest BCUT2D eigenvalue weighted by atomic mass is 9.99. The molecule has 1 aliphatic heterocycles. The number of phenolic OH excluding ortho intramolecular Hbond substituents is 1. The molecule has 0 bridgehead atoms. The summed E-state index contributed by atoms with van der Waals surface area (Å²) in [5, 5.41) is 12.2. The molecule has 1 aliphatic rings. The molecule has 1 unspecified atom stereocenters. The number of carbonyl (C=O) groups excluding carboxylic acids is 1. The largest absolute Gasteiger partial charge is 0.508 e. The molecule has 20 heavy (non-hydrogen) atoms. The maximum absolute atomic E-state index is 13.9. The average Bonchev–Trinajstić information content (AvgIpc) is 2.38. The molecule has 1 atom stereocenters. The van der Waals surface area contributed by atoms with Gasteiger partial charge in [-0.2, -0.15) is 0 Å². The zero-order valence-corrected chi connectivity index (χ0v) is 11.9. The number of likely N-dealkylation sites (tertiary alicyclic amines) is 1. The van der Waals surface area contributed by atoms with Crippen LogP contribution in [0.15, 0.2) is 18.2 Å². The molecule has 1 saturated heterocycles. The van der Waals surface area contributed by atoms with Crippen molar-refractivity contribution >= 4 is 5.91 Å². The van der Waals surface area contributed by atoms with Crippen molar-refractivity contribution < 1.29 is 14.3 Å². The summed E-state index contributed by atoms with van der Waals surface area (Å²) in [5.41, 5.74) is 0.598. The predicted octanol–water partition coefficient (Wildman–Crippen LogP) is 2.19. The lowest BCUT2D eigenvalue weighted by Gasteiger charge is -2.36. The van der Waals surface area contributed by atoms with E-state index in [1.807, 2.05) is 6.92 Å². The van der Waals surface area contributed by atoms with E-state index in [9.17, 15) is 14.3 Å². The minimum absolute atomic E-state index is 0.000998. The maximum atomic E-state index is 13.9. The highest BCUT2D eigenvalue weighted by atomic mass is 19.1. The predicted molar refractivity (Wildman–Crippen MR) is 74.9 cm³/mol. The summed E-state index contributed by atoms with van der Waals surface area (Å²) in [6.07, 6.45) is 1.76. The van der Waals surface area contributed by atoms with Gasteiger partial charge in [0, 0.05) is 43.7 Å². The highest BCUT2D eigenvalue weighted by Crippen LogP contribution is 2.27. The van der Waals surface area contributed by atoms with Gasteiger partial charge in [0.25, 0.3) is 0 Å². The van der Waals surface area contributed by atoms with Crippen molar-refractivity contribution in [3.63, 3.8) is 0 Å². The molecule has 1 heterocycles. The van der Waals surface area contributed by atoms with Crippen LogP contribution in [-0.2, 0) is 4.79 Å². The van der Waals surface area contributed by atoms with Crippen LogP contribution in [0.25, 0.3) is 0 Å². The van der Waals surface area contributed by atoms with Gasteiger partial charge in [0.2, 0.25) is 5.91 Å². The third kappa shape index (κ3) is 3.48. The van der Waals surface area contributed by atoms with Crippen molar-refractivity contribution in [2.24, 2.45) is 0 Å². The van der Waals surface area contributed by atoms with E-state index < -0.39 is 0 Å². The minimum Gasteiger partial charge on any atom is -0.508 e. The van der Waals surface area contributed by atoms with Crippen LogP contribution < -0.4 is 5.32 Å². The quantitative estimate of drug-likeness (QED) is 0.892. The molecule has 0 aliphatic carbocycles. The number of nitrogens with zero attached hydrogens (tertiary/aromatic N) is 1. The summed E-state index contributed by atoms with van der Waals surface area (Å²) in [5.74, 6) is -0.426. The van der Waals surface area contributed by atoms with Gasteiger partial charge in [-0.25, -0.2) is 4.39 Å². The van der Waals surface area contributed by atoms with Gasteiger partial charge in [0.15, 0.2) is 0 Å². The number of aromatic hydroxyl groups is 1. The summed E-state index contributed by atoms with van der Waals surface area (Å²) in [7, 11) is 0. The standard InChI is InChI=1S/C15H21FN2O2/c1-10(14-4-3-13(20)9-15(14)16)18-7-5-12(6-8-18)17-11(2)19/h3-4,9-10,12,20H,5-8H2,1-2H3,(H,17,19). The first-order valence-electron chi connectivity index (χ1n) is 6.97. The number of hydrogen-bond acceptors (Lipinski definition) is 3. The summed E-state index contributed by atoms with van der Waals surface area (Å²) >= 11 is 0. The Morgan fingerprint density at radius 1 is 1.45 bits per heavy atom. The first-order valence-corrected chi connectivity index (χ1v) is 6.97. The average molecular weight is 280 g/mol. The molecule has 110 valence electrons. The van der Waals surface area contributed by atoms with Crippen LogP contribution in [0, 0.1) is 5.82 Å². The lowest BCUT2D eigenvalue weighted by Crippen LogP contribution is -2.44. The molecular formula is C15H21FN2O2. The molecule has 0 radical (unpaired) electrons. The molecule has 1 amide bonds. The van der Waals surface area contributed by atoms with Gasteiger partial charge in [0.1, 0.15) is 11.6 Å². The fourth-order valence-corrected chi connectivity index (χ4v) is 2.77. The van der Waals surface area contributed by atoms with Crippen molar-refractivity contribution in [3.8, 4) is 5.75 Å². The third-order valence-corrected chi connectivity index (χ3v) is 3.92. The number of rotatable bonds is 3. The monoisotopic (exact) mass is 280 g/mol. The second-order valence-electron chi connectivity index (χ2n) is 5.39. The highest BCUT2D eigenvalue weighted by molar-refractivity contribution is 5.73. The Balaban J connectivity index is 1.97. The van der Waals surface area contributed by atoms with E-state index in [2.05, 4.69) is 10.2 Å². The number of hydrogen-bond donors (Lipinski definition) is 2. The van der Waals surface area contributed by atoms with Gasteiger partial charge in [-0.3, -0.25) is 9.69 Å². The topological polar surface area (TPSA) is 52.6 Å². The zero-order valence-electron chi connectivity index (χ0n) is 11.9. The number of piperidine rings is 1. The van der Waals surface area contributed by atoms with Gasteiger partial charge in [0.05, 0.1) is 0 Å². The molecule has 4 nitrogen and oxygen atoms in total. The van der Waals surface area contributed by atoms with E-state index in [1.165, 1.54) is 13.0 Å². The Kier molecular flexibility index (Phi) is 4.60. The highest BCUT2D eigenvalue weighted by Gasteiger charge is 2.25. The van der Waals surface area contributed by atoms with Gasteiger partial charge in [-0.1, -0.05) is 6.07 Å². The van der Waals surface area contributed by atoms with E-state index in [0.717, 1.165) is 32.0 Å². The van der Waals surface area contributed by atoms with Crippen LogP contribution in [-0.4, -0.2) is 35.0 Å². The van der Waals surface area contributed by atoms with E-state index in [4.69, 9.17) is 0 Å². The van der Waals surface area contributed by atoms with Gasteiger partial charge >= 0.3 is 0 Å². The van der Waals surface area contributed by atoms with E-state index in [1.54, 1.807) is 6.07 Å². The molecule has 2 rings (SSSR count). The van der Waals surface area contributed by atoms with Crippen LogP contribution in [0.5, 0.6) is 5.75 Å². The smallest absolute Gasteiger partial charge is 0.217 e. The molecule has 1 aromatic rings. The Hall–Kier alpha value is -1.62. The summed E-state index contributed by atoms with van der Waals surface area (Å²) in [6.45, 7) is 5.15. The van der Waals surface area contributed by atoms with Gasteiger partial charge < -0.3 is 10.4 Å². The fourth-order valence-electron chi connectivity index (χ4n) is 2.77. The molecule has 1 fully saturated rings. The minimum atomic E-state index is -0.374. The number of amides is 1. The molecule has 5 heteroatoms. The lowest BCUT2D eigenvalue weighted by molar-refractivity contribution is -0.120. The molecule has 0 aromatic heterocycles. The first kappa shape index (κ1) is 14.8. The number of carbonyl (C=O) groups is 1. The van der Waals surface area contributed by atoms with Crippen molar-refractivity contribution in [1.82, 2.24) is 10.2 Å². The number of halogens is 1. The molecule has 0 saturated carbocycles. The van der Waals surface area contributed by atoms with Gasteiger partial charge in [-0.15, -0.1) is 0 Å². The second-order valence-corrected chi connectivity index (χ2v) is 5.39. The summed E-state index contributed by atoms with van der Waals surface area (Å²) in [6, 6.07) is 4.49. The van der Waals surface area contributed by atoms with E-state index >= 15 is 0 Å². The van der Waals surface area contributed by atoms with E-state index in [-0.39, 0.29) is 29.6 Å². The zero-order chi connectivity index (χ0) is 14.7. The fraction of sp³-hybridized carbons (Fsp3) is 0.533. The van der Waals surface area contributed by atoms with Crippen LogP contribution in [0.3, 0.4) is 0 Å². The van der Waals surface area contributed by atoms with Crippen LogP contribution >= 0.6 is 0 Å². The SMILES string of the molecule is CC(=O)NC1CCN(C(C)c2ccc(O)cc2F)CC1. The Labute approximate surface area is 118 Å². The number of nitrogens with one attached hydrogen (secondary N) is 1. The third-order valence-electron chi connectivity index (χ3n) is 3.92. The maximum Gasteiger partial charge on any atom is 0.217 e. The molecule has 2 N–H and O–H groups in total. The van der Waals surface area contributed by atoms with Crippen molar-refractivity contribution in [3.05, 3.63) is 29.6 Å². The Morgan fingerprint density at radius 3 is 2.65 bits per heavy atom. The van der Waals surface area contributed by atoms with Crippen molar-refractivity contribution in [2.75, 3.05) is 13.1 Å². The van der Waals surface area contributed by atoms with Crippen LogP contribution in [0.2, 0.25) is 0 Å². The van der Waals surface area contributed by atoms with Crippen molar-refractivity contribution in [2.45, 2.75) is 38.8 Å². The van der Waals surface area contributed by atoms with Crippen LogP contribution in [0.4, 0.5) is 4.39 Å². The number of benzene rings is 1. The summed E-state index contributed by atoms with van der Waals surface area (Å²) in [4.78, 5) is 13.2. The van der Waals surface area contributed by atoms with Crippen LogP contribution in [0.1, 0.15) is 38.3 Å². The normalized spacial score (nSPS) is 18.8. The number of phenols is 1. The molecule has 1 aromatic carbocycles.